The van der Waals surface area contributed by atoms with Gasteiger partial charge in [-0.3, -0.25) is 0 Å². The molecule has 0 saturated heterocycles. The molecule has 0 fully saturated rings. The topological polar surface area (TPSA) is 24.5 Å². The largest absolute Gasteiger partial charge is 0.496 e. The van der Waals surface area contributed by atoms with Crippen LogP contribution in [0.15, 0.2) is 30.9 Å². The molecule has 0 aliphatic heterocycles. The van der Waals surface area contributed by atoms with E-state index in [1.807, 2.05) is 18.2 Å². The van der Waals surface area contributed by atoms with E-state index in [2.05, 4.69) is 43.8 Å². The summed E-state index contributed by atoms with van der Waals surface area (Å²) >= 11 is 0. The molecule has 0 aliphatic rings. The van der Waals surface area contributed by atoms with Crippen molar-refractivity contribution in [3.05, 3.63) is 36.4 Å². The van der Waals surface area contributed by atoms with E-state index >= 15 is 0 Å². The lowest BCUT2D eigenvalue weighted by Gasteiger charge is -2.26. The van der Waals surface area contributed by atoms with Gasteiger partial charge in [0.15, 0.2) is 0 Å². The number of anilines is 1. The van der Waals surface area contributed by atoms with Gasteiger partial charge in [-0.15, -0.1) is 6.58 Å². The van der Waals surface area contributed by atoms with Crippen LogP contribution >= 0.6 is 0 Å². The Labute approximate surface area is 117 Å². The quantitative estimate of drug-likeness (QED) is 0.727. The zero-order chi connectivity index (χ0) is 14.3. The summed E-state index contributed by atoms with van der Waals surface area (Å²) in [6, 6.07) is 6.44. The van der Waals surface area contributed by atoms with Gasteiger partial charge < -0.3 is 15.0 Å². The Kier molecular flexibility index (Phi) is 6.43. The summed E-state index contributed by atoms with van der Waals surface area (Å²) in [6.45, 7) is 9.98. The van der Waals surface area contributed by atoms with Crippen molar-refractivity contribution in [3.8, 4) is 5.75 Å². The van der Waals surface area contributed by atoms with Crippen molar-refractivity contribution in [2.24, 2.45) is 0 Å². The molecule has 3 nitrogen and oxygen atoms in total. The molecule has 1 unspecified atom stereocenters. The Morgan fingerprint density at radius 3 is 2.79 bits per heavy atom. The van der Waals surface area contributed by atoms with Crippen LogP contribution in [0.3, 0.4) is 0 Å². The fourth-order valence-corrected chi connectivity index (χ4v) is 2.23. The van der Waals surface area contributed by atoms with Crippen molar-refractivity contribution in [1.29, 1.82) is 0 Å². The van der Waals surface area contributed by atoms with Gasteiger partial charge in [0.25, 0.3) is 0 Å². The third-order valence-corrected chi connectivity index (χ3v) is 3.21. The molecular weight excluding hydrogens is 236 g/mol. The Morgan fingerprint density at radius 1 is 1.47 bits per heavy atom. The van der Waals surface area contributed by atoms with Crippen LogP contribution in [0, 0.1) is 0 Å². The van der Waals surface area contributed by atoms with E-state index in [9.17, 15) is 0 Å². The SMILES string of the molecule is C=CCN(C)c1cccc(OC)c1C(C)NCCC. The van der Waals surface area contributed by atoms with Gasteiger partial charge >= 0.3 is 0 Å². The van der Waals surface area contributed by atoms with Crippen molar-refractivity contribution in [1.82, 2.24) is 5.32 Å². The van der Waals surface area contributed by atoms with Gasteiger partial charge in [0.2, 0.25) is 0 Å². The number of nitrogens with one attached hydrogen (secondary N) is 1. The number of methoxy groups -OCH3 is 1. The minimum absolute atomic E-state index is 0.262. The van der Waals surface area contributed by atoms with Gasteiger partial charge in [0.1, 0.15) is 5.75 Å². The number of benzene rings is 1. The standard InChI is InChI=1S/C16H26N2O/c1-6-11-17-13(3)16-14(18(4)12-7-2)9-8-10-15(16)19-5/h7-10,13,17H,2,6,11-12H2,1,3-5H3. The summed E-state index contributed by atoms with van der Waals surface area (Å²) < 4.78 is 5.52. The molecule has 0 spiro atoms. The van der Waals surface area contributed by atoms with Gasteiger partial charge in [0.05, 0.1) is 7.11 Å². The minimum Gasteiger partial charge on any atom is -0.496 e. The van der Waals surface area contributed by atoms with Crippen LogP contribution in [0.5, 0.6) is 5.75 Å². The molecule has 1 N–H and O–H groups in total. The molecule has 0 saturated carbocycles. The van der Waals surface area contributed by atoms with Gasteiger partial charge in [-0.25, -0.2) is 0 Å². The van der Waals surface area contributed by atoms with Crippen molar-refractivity contribution in [2.75, 3.05) is 32.1 Å². The monoisotopic (exact) mass is 262 g/mol. The molecule has 0 amide bonds. The number of hydrogen-bond acceptors (Lipinski definition) is 3. The average molecular weight is 262 g/mol. The summed E-state index contributed by atoms with van der Waals surface area (Å²) in [4.78, 5) is 2.19. The predicted octanol–water partition coefficient (Wildman–Crippen LogP) is 3.38. The highest BCUT2D eigenvalue weighted by Gasteiger charge is 2.17. The molecule has 19 heavy (non-hydrogen) atoms. The maximum absolute atomic E-state index is 5.52. The lowest BCUT2D eigenvalue weighted by molar-refractivity contribution is 0.402. The second kappa shape index (κ2) is 7.85. The van der Waals surface area contributed by atoms with Gasteiger partial charge in [0, 0.05) is 30.9 Å². The maximum Gasteiger partial charge on any atom is 0.125 e. The van der Waals surface area contributed by atoms with Crippen LogP contribution in [-0.4, -0.2) is 27.2 Å². The fraction of sp³-hybridized carbons (Fsp3) is 0.500. The van der Waals surface area contributed by atoms with Gasteiger partial charge in [-0.2, -0.15) is 0 Å². The highest BCUT2D eigenvalue weighted by Crippen LogP contribution is 2.34. The highest BCUT2D eigenvalue weighted by atomic mass is 16.5. The first-order valence-corrected chi connectivity index (χ1v) is 6.88. The first-order valence-electron chi connectivity index (χ1n) is 6.88. The molecule has 1 aromatic rings. The summed E-state index contributed by atoms with van der Waals surface area (Å²) in [7, 11) is 3.80. The van der Waals surface area contributed by atoms with Crippen LogP contribution in [0.1, 0.15) is 31.9 Å². The fourth-order valence-electron chi connectivity index (χ4n) is 2.23. The van der Waals surface area contributed by atoms with Crippen LogP contribution in [0.2, 0.25) is 0 Å². The summed E-state index contributed by atoms with van der Waals surface area (Å²) in [5.74, 6) is 0.935. The molecule has 106 valence electrons. The molecule has 0 radical (unpaired) electrons. The Hall–Kier alpha value is -1.48. The lowest BCUT2D eigenvalue weighted by atomic mass is 10.0. The molecule has 0 bridgehead atoms. The lowest BCUT2D eigenvalue weighted by Crippen LogP contribution is -2.24. The van der Waals surface area contributed by atoms with E-state index in [0.29, 0.717) is 0 Å². The Morgan fingerprint density at radius 2 is 2.21 bits per heavy atom. The second-order valence-corrected chi connectivity index (χ2v) is 4.74. The van der Waals surface area contributed by atoms with E-state index in [1.165, 1.54) is 11.3 Å². The average Bonchev–Trinajstić information content (AvgIpc) is 2.44. The first kappa shape index (κ1) is 15.6. The highest BCUT2D eigenvalue weighted by molar-refractivity contribution is 5.60. The maximum atomic E-state index is 5.52. The number of likely N-dealkylation sites (N-methyl/N-ethyl adjacent to an activating group) is 1. The van der Waals surface area contributed by atoms with E-state index < -0.39 is 0 Å². The number of nitrogens with zero attached hydrogens (tertiary/aromatic N) is 1. The summed E-state index contributed by atoms with van der Waals surface area (Å²) in [6.07, 6.45) is 3.03. The van der Waals surface area contributed by atoms with Gasteiger partial charge in [-0.1, -0.05) is 19.1 Å². The van der Waals surface area contributed by atoms with Crippen molar-refractivity contribution >= 4 is 5.69 Å². The Bertz CT molecular complexity index is 404. The third-order valence-electron chi connectivity index (χ3n) is 3.21. The van der Waals surface area contributed by atoms with E-state index in [4.69, 9.17) is 4.74 Å². The normalized spacial score (nSPS) is 12.0. The molecule has 1 rings (SSSR count). The predicted molar refractivity (Wildman–Crippen MR) is 83.2 cm³/mol. The van der Waals surface area contributed by atoms with Crippen molar-refractivity contribution < 1.29 is 4.74 Å². The molecule has 3 heteroatoms. The van der Waals surface area contributed by atoms with Crippen LogP contribution in [0.4, 0.5) is 5.69 Å². The Balaban J connectivity index is 3.11. The zero-order valence-corrected chi connectivity index (χ0v) is 12.6. The van der Waals surface area contributed by atoms with E-state index in [1.54, 1.807) is 7.11 Å². The molecule has 1 aromatic carbocycles. The minimum atomic E-state index is 0.262. The van der Waals surface area contributed by atoms with Crippen LogP contribution in [-0.2, 0) is 0 Å². The third kappa shape index (κ3) is 4.00. The van der Waals surface area contributed by atoms with E-state index in [-0.39, 0.29) is 6.04 Å². The van der Waals surface area contributed by atoms with E-state index in [0.717, 1.165) is 25.3 Å². The second-order valence-electron chi connectivity index (χ2n) is 4.74. The van der Waals surface area contributed by atoms with Crippen molar-refractivity contribution in [2.45, 2.75) is 26.3 Å². The van der Waals surface area contributed by atoms with Gasteiger partial charge in [-0.05, 0) is 32.0 Å². The summed E-state index contributed by atoms with van der Waals surface area (Å²) in [5, 5.41) is 3.53. The van der Waals surface area contributed by atoms with Crippen molar-refractivity contribution in [3.63, 3.8) is 0 Å². The number of hydrogen-bond donors (Lipinski definition) is 1. The molecule has 1 atom stereocenters. The number of rotatable bonds is 8. The number of ether oxygens (including phenoxy) is 1. The smallest absolute Gasteiger partial charge is 0.125 e. The molecule has 0 aromatic heterocycles. The molecule has 0 aliphatic carbocycles. The molecular formula is C16H26N2O. The van der Waals surface area contributed by atoms with Crippen LogP contribution in [0.25, 0.3) is 0 Å². The molecule has 0 heterocycles. The van der Waals surface area contributed by atoms with Crippen LogP contribution < -0.4 is 15.0 Å². The summed E-state index contributed by atoms with van der Waals surface area (Å²) in [5.41, 5.74) is 2.40. The first-order chi connectivity index (χ1) is 9.15. The zero-order valence-electron chi connectivity index (χ0n) is 12.6.